The average molecular weight is 352 g/mol. The third kappa shape index (κ3) is 5.93. The number of nitrogens with zero attached hydrogens (tertiary/aromatic N) is 1. The zero-order chi connectivity index (χ0) is 17.5. The van der Waals surface area contributed by atoms with E-state index in [1.807, 2.05) is 0 Å². The third-order valence-electron chi connectivity index (χ3n) is 6.32. The summed E-state index contributed by atoms with van der Waals surface area (Å²) in [7, 11) is 0. The number of nitrogens with one attached hydrogen (secondary N) is 2. The molecule has 0 aromatic heterocycles. The Morgan fingerprint density at radius 2 is 2.04 bits per heavy atom. The van der Waals surface area contributed by atoms with Crippen molar-refractivity contribution in [2.24, 2.45) is 11.8 Å². The van der Waals surface area contributed by atoms with Crippen molar-refractivity contribution < 1.29 is 9.53 Å². The van der Waals surface area contributed by atoms with Crippen molar-refractivity contribution in [2.45, 2.75) is 70.4 Å². The van der Waals surface area contributed by atoms with Crippen molar-refractivity contribution in [3.05, 3.63) is 0 Å². The van der Waals surface area contributed by atoms with Crippen molar-refractivity contribution in [1.29, 1.82) is 0 Å². The largest absolute Gasteiger partial charge is 0.377 e. The van der Waals surface area contributed by atoms with Crippen LogP contribution in [-0.2, 0) is 9.53 Å². The summed E-state index contributed by atoms with van der Waals surface area (Å²) in [6, 6.07) is 0.0468. The van der Waals surface area contributed by atoms with E-state index in [4.69, 9.17) is 4.74 Å². The van der Waals surface area contributed by atoms with Crippen molar-refractivity contribution in [3.63, 3.8) is 0 Å². The molecule has 5 nitrogen and oxygen atoms in total. The molecule has 1 saturated carbocycles. The summed E-state index contributed by atoms with van der Waals surface area (Å²) in [4.78, 5) is 14.7. The van der Waals surface area contributed by atoms with E-state index >= 15 is 0 Å². The summed E-state index contributed by atoms with van der Waals surface area (Å²) in [5, 5.41) is 6.45. The molecule has 2 heterocycles. The summed E-state index contributed by atoms with van der Waals surface area (Å²) < 4.78 is 6.18. The van der Waals surface area contributed by atoms with Gasteiger partial charge in [-0.25, -0.2) is 0 Å². The van der Waals surface area contributed by atoms with Gasteiger partial charge >= 0.3 is 0 Å². The number of likely N-dealkylation sites (tertiary alicyclic amines) is 1. The van der Waals surface area contributed by atoms with Gasteiger partial charge in [0.2, 0.25) is 5.91 Å². The maximum absolute atomic E-state index is 12.1. The number of amides is 1. The first kappa shape index (κ1) is 19.1. The van der Waals surface area contributed by atoms with E-state index in [0.717, 1.165) is 51.5 Å². The molecule has 1 aliphatic carbocycles. The number of hydrogen-bond acceptors (Lipinski definition) is 4. The van der Waals surface area contributed by atoms with Crippen molar-refractivity contribution in [3.8, 4) is 0 Å². The minimum atomic E-state index is 0.0468. The second-order valence-corrected chi connectivity index (χ2v) is 8.37. The molecule has 25 heavy (non-hydrogen) atoms. The summed E-state index contributed by atoms with van der Waals surface area (Å²) in [5.74, 6) is 1.51. The third-order valence-corrected chi connectivity index (χ3v) is 6.32. The maximum Gasteiger partial charge on any atom is 0.237 e. The number of rotatable bonds is 7. The number of piperidine rings is 1. The first-order valence-electron chi connectivity index (χ1n) is 10.6. The fraction of sp³-hybridized carbons (Fsp3) is 0.950. The molecule has 0 radical (unpaired) electrons. The molecule has 5 heteroatoms. The number of hydrogen-bond donors (Lipinski definition) is 2. The van der Waals surface area contributed by atoms with Crippen molar-refractivity contribution in [1.82, 2.24) is 15.5 Å². The van der Waals surface area contributed by atoms with E-state index in [-0.39, 0.29) is 11.9 Å². The summed E-state index contributed by atoms with van der Waals surface area (Å²) in [6.07, 6.45) is 10.3. The van der Waals surface area contributed by atoms with E-state index < -0.39 is 0 Å². The summed E-state index contributed by atoms with van der Waals surface area (Å²) in [6.45, 7) is 8.32. The minimum Gasteiger partial charge on any atom is -0.377 e. The summed E-state index contributed by atoms with van der Waals surface area (Å²) >= 11 is 0. The quantitative estimate of drug-likeness (QED) is 0.738. The van der Waals surface area contributed by atoms with Gasteiger partial charge in [-0.15, -0.1) is 0 Å². The van der Waals surface area contributed by atoms with Crippen LogP contribution in [0.1, 0.15) is 58.3 Å². The Balaban J connectivity index is 1.31. The van der Waals surface area contributed by atoms with E-state index in [2.05, 4.69) is 22.5 Å². The van der Waals surface area contributed by atoms with Gasteiger partial charge < -0.3 is 20.3 Å². The van der Waals surface area contributed by atoms with Gasteiger partial charge in [0.15, 0.2) is 0 Å². The van der Waals surface area contributed by atoms with Crippen LogP contribution in [-0.4, -0.2) is 62.3 Å². The molecule has 2 N–H and O–H groups in total. The lowest BCUT2D eigenvalue weighted by molar-refractivity contribution is -0.123. The SMILES string of the molecule is CC1CCCCC1OCCN1CCCC(CNC(=O)C2CCCN2)C1. The number of carbonyl (C=O) groups excluding carboxylic acids is 1. The Bertz CT molecular complexity index is 412. The molecular formula is C20H37N3O2. The zero-order valence-corrected chi connectivity index (χ0v) is 16.0. The Morgan fingerprint density at radius 1 is 1.16 bits per heavy atom. The highest BCUT2D eigenvalue weighted by Gasteiger charge is 2.25. The van der Waals surface area contributed by atoms with Crippen LogP contribution in [0.25, 0.3) is 0 Å². The normalized spacial score (nSPS) is 34.1. The van der Waals surface area contributed by atoms with Crippen LogP contribution >= 0.6 is 0 Å². The highest BCUT2D eigenvalue weighted by Crippen LogP contribution is 2.26. The first-order chi connectivity index (χ1) is 12.2. The van der Waals surface area contributed by atoms with Gasteiger partial charge in [-0.2, -0.15) is 0 Å². The number of carbonyl (C=O) groups is 1. The second kappa shape index (κ2) is 9.89. The monoisotopic (exact) mass is 351 g/mol. The zero-order valence-electron chi connectivity index (χ0n) is 16.0. The predicted octanol–water partition coefficient (Wildman–Crippen LogP) is 2.16. The van der Waals surface area contributed by atoms with E-state index in [1.54, 1.807) is 0 Å². The molecule has 3 aliphatic rings. The standard InChI is InChI=1S/C20H37N3O2/c1-16-6-2-3-9-19(16)25-13-12-23-11-5-7-17(15-23)14-22-20(24)18-8-4-10-21-18/h16-19,21H,2-15H2,1H3,(H,22,24). The first-order valence-corrected chi connectivity index (χ1v) is 10.6. The number of ether oxygens (including phenoxy) is 1. The molecule has 0 aromatic carbocycles. The molecule has 2 saturated heterocycles. The molecule has 0 bridgehead atoms. The topological polar surface area (TPSA) is 53.6 Å². The van der Waals surface area contributed by atoms with Crippen molar-refractivity contribution in [2.75, 3.05) is 39.3 Å². The van der Waals surface area contributed by atoms with Crippen LogP contribution in [0.4, 0.5) is 0 Å². The molecule has 144 valence electrons. The average Bonchev–Trinajstić information content (AvgIpc) is 3.16. The van der Waals surface area contributed by atoms with Gasteiger partial charge in [0, 0.05) is 19.6 Å². The lowest BCUT2D eigenvalue weighted by Gasteiger charge is -2.34. The molecule has 0 spiro atoms. The highest BCUT2D eigenvalue weighted by atomic mass is 16.5. The Hall–Kier alpha value is -0.650. The smallest absolute Gasteiger partial charge is 0.237 e. The molecule has 0 aromatic rings. The maximum atomic E-state index is 12.1. The Labute approximate surface area is 153 Å². The molecule has 3 fully saturated rings. The van der Waals surface area contributed by atoms with Gasteiger partial charge in [0.05, 0.1) is 18.8 Å². The van der Waals surface area contributed by atoms with E-state index in [0.29, 0.717) is 12.0 Å². The predicted molar refractivity (Wildman–Crippen MR) is 101 cm³/mol. The Kier molecular flexibility index (Phi) is 7.56. The fourth-order valence-corrected chi connectivity index (χ4v) is 4.66. The van der Waals surface area contributed by atoms with Crippen LogP contribution in [0.5, 0.6) is 0 Å². The molecule has 3 rings (SSSR count). The van der Waals surface area contributed by atoms with Crippen LogP contribution in [0, 0.1) is 11.8 Å². The summed E-state index contributed by atoms with van der Waals surface area (Å²) in [5.41, 5.74) is 0. The van der Waals surface area contributed by atoms with Gasteiger partial charge in [-0.3, -0.25) is 4.79 Å². The molecule has 1 amide bonds. The van der Waals surface area contributed by atoms with Crippen LogP contribution in [0.3, 0.4) is 0 Å². The van der Waals surface area contributed by atoms with Crippen LogP contribution in [0.2, 0.25) is 0 Å². The van der Waals surface area contributed by atoms with Gasteiger partial charge in [-0.05, 0) is 63.5 Å². The lowest BCUT2D eigenvalue weighted by atomic mass is 9.88. The second-order valence-electron chi connectivity index (χ2n) is 8.37. The van der Waals surface area contributed by atoms with Crippen LogP contribution < -0.4 is 10.6 Å². The Morgan fingerprint density at radius 3 is 2.84 bits per heavy atom. The highest BCUT2D eigenvalue weighted by molar-refractivity contribution is 5.81. The van der Waals surface area contributed by atoms with Gasteiger partial charge in [0.1, 0.15) is 0 Å². The molecule has 4 atom stereocenters. The van der Waals surface area contributed by atoms with E-state index in [9.17, 15) is 4.79 Å². The van der Waals surface area contributed by atoms with Crippen molar-refractivity contribution >= 4 is 5.91 Å². The van der Waals surface area contributed by atoms with Crippen LogP contribution in [0.15, 0.2) is 0 Å². The lowest BCUT2D eigenvalue weighted by Crippen LogP contribution is -2.46. The minimum absolute atomic E-state index is 0.0468. The van der Waals surface area contributed by atoms with Gasteiger partial charge in [-0.1, -0.05) is 19.8 Å². The molecular weight excluding hydrogens is 314 g/mol. The fourth-order valence-electron chi connectivity index (χ4n) is 4.66. The van der Waals surface area contributed by atoms with Gasteiger partial charge in [0.25, 0.3) is 0 Å². The molecule has 4 unspecified atom stereocenters. The van der Waals surface area contributed by atoms with E-state index in [1.165, 1.54) is 45.1 Å². The molecule has 2 aliphatic heterocycles.